The van der Waals surface area contributed by atoms with Crippen LogP contribution >= 0.6 is 11.6 Å². The predicted molar refractivity (Wildman–Crippen MR) is 67.3 cm³/mol. The van der Waals surface area contributed by atoms with E-state index in [1.807, 2.05) is 13.0 Å². The van der Waals surface area contributed by atoms with E-state index in [0.717, 1.165) is 11.1 Å². The molecule has 1 aromatic heterocycles. The maximum atomic E-state index is 13.2. The van der Waals surface area contributed by atoms with E-state index < -0.39 is 0 Å². The molecule has 0 atom stereocenters. The zero-order chi connectivity index (χ0) is 12.4. The van der Waals surface area contributed by atoms with Crippen LogP contribution in [0.25, 0.3) is 11.3 Å². The van der Waals surface area contributed by atoms with Gasteiger partial charge in [-0.3, -0.25) is 0 Å². The first-order valence-electron chi connectivity index (χ1n) is 5.24. The van der Waals surface area contributed by atoms with E-state index in [1.54, 1.807) is 12.1 Å². The molecule has 0 aliphatic rings. The summed E-state index contributed by atoms with van der Waals surface area (Å²) in [5.74, 6) is -0.284. The molecule has 4 heteroatoms. The molecule has 2 aromatic rings. The van der Waals surface area contributed by atoms with Crippen molar-refractivity contribution in [1.29, 1.82) is 0 Å². The molecular formula is C13H12ClFN2. The van der Waals surface area contributed by atoms with E-state index in [-0.39, 0.29) is 12.4 Å². The summed E-state index contributed by atoms with van der Waals surface area (Å²) >= 11 is 6.00. The molecule has 88 valence electrons. The van der Waals surface area contributed by atoms with Crippen molar-refractivity contribution in [3.8, 4) is 11.3 Å². The van der Waals surface area contributed by atoms with Gasteiger partial charge in [0.2, 0.25) is 0 Å². The Morgan fingerprint density at radius 2 is 2.12 bits per heavy atom. The minimum Gasteiger partial charge on any atom is -0.325 e. The third-order valence-corrected chi connectivity index (χ3v) is 2.86. The van der Waals surface area contributed by atoms with Crippen molar-refractivity contribution in [2.24, 2.45) is 5.73 Å². The number of nitrogens with zero attached hydrogens (tertiary/aromatic N) is 1. The molecule has 0 radical (unpaired) electrons. The van der Waals surface area contributed by atoms with Crippen LogP contribution in [0.1, 0.15) is 11.3 Å². The number of aromatic nitrogens is 1. The Morgan fingerprint density at radius 3 is 2.76 bits per heavy atom. The molecule has 2 N–H and O–H groups in total. The molecule has 0 spiro atoms. The molecule has 0 amide bonds. The van der Waals surface area contributed by atoms with Gasteiger partial charge in [0, 0.05) is 12.1 Å². The summed E-state index contributed by atoms with van der Waals surface area (Å²) in [4.78, 5) is 4.38. The standard InChI is InChI=1S/C13H12ClFN2/c1-8-5-11(14)12(7-16)17-13(8)9-3-2-4-10(15)6-9/h2-6H,7,16H2,1H3. The molecule has 1 heterocycles. The lowest BCUT2D eigenvalue weighted by Crippen LogP contribution is -2.03. The van der Waals surface area contributed by atoms with Crippen molar-refractivity contribution < 1.29 is 4.39 Å². The zero-order valence-corrected chi connectivity index (χ0v) is 10.1. The highest BCUT2D eigenvalue weighted by atomic mass is 35.5. The Kier molecular flexibility index (Phi) is 3.41. The summed E-state index contributed by atoms with van der Waals surface area (Å²) in [5, 5.41) is 0.546. The Bertz CT molecular complexity index is 555. The van der Waals surface area contributed by atoms with Gasteiger partial charge in [-0.1, -0.05) is 23.7 Å². The summed E-state index contributed by atoms with van der Waals surface area (Å²) < 4.78 is 13.2. The van der Waals surface area contributed by atoms with Crippen molar-refractivity contribution in [3.63, 3.8) is 0 Å². The largest absolute Gasteiger partial charge is 0.325 e. The van der Waals surface area contributed by atoms with Gasteiger partial charge in [0.05, 0.1) is 16.4 Å². The normalized spacial score (nSPS) is 10.6. The zero-order valence-electron chi connectivity index (χ0n) is 9.37. The molecule has 0 unspecified atom stereocenters. The Labute approximate surface area is 104 Å². The number of halogens is 2. The summed E-state index contributed by atoms with van der Waals surface area (Å²) in [5.41, 5.74) is 8.53. The number of rotatable bonds is 2. The van der Waals surface area contributed by atoms with Crippen molar-refractivity contribution in [2.45, 2.75) is 13.5 Å². The molecule has 0 fully saturated rings. The summed E-state index contributed by atoms with van der Waals surface area (Å²) in [6, 6.07) is 8.12. The smallest absolute Gasteiger partial charge is 0.123 e. The first-order chi connectivity index (χ1) is 8.11. The second-order valence-corrected chi connectivity index (χ2v) is 4.20. The van der Waals surface area contributed by atoms with Crippen LogP contribution in [0, 0.1) is 12.7 Å². The fraction of sp³-hybridized carbons (Fsp3) is 0.154. The highest BCUT2D eigenvalue weighted by Gasteiger charge is 2.09. The molecule has 1 aromatic carbocycles. The third kappa shape index (κ3) is 2.46. The van der Waals surface area contributed by atoms with Gasteiger partial charge in [-0.05, 0) is 30.7 Å². The fourth-order valence-corrected chi connectivity index (χ4v) is 1.97. The molecular weight excluding hydrogens is 239 g/mol. The van der Waals surface area contributed by atoms with Crippen LogP contribution in [-0.4, -0.2) is 4.98 Å². The average Bonchev–Trinajstić information content (AvgIpc) is 2.29. The van der Waals surface area contributed by atoms with E-state index in [2.05, 4.69) is 4.98 Å². The lowest BCUT2D eigenvalue weighted by molar-refractivity contribution is 0.628. The Morgan fingerprint density at radius 1 is 1.35 bits per heavy atom. The molecule has 0 bridgehead atoms. The van der Waals surface area contributed by atoms with Gasteiger partial charge in [-0.25, -0.2) is 9.37 Å². The summed E-state index contributed by atoms with van der Waals surface area (Å²) in [6.45, 7) is 2.15. The number of hydrogen-bond acceptors (Lipinski definition) is 2. The number of pyridine rings is 1. The maximum absolute atomic E-state index is 13.2. The van der Waals surface area contributed by atoms with Gasteiger partial charge in [0.25, 0.3) is 0 Å². The fourth-order valence-electron chi connectivity index (χ4n) is 1.69. The van der Waals surface area contributed by atoms with E-state index in [0.29, 0.717) is 16.4 Å². The number of aryl methyl sites for hydroxylation is 1. The number of benzene rings is 1. The van der Waals surface area contributed by atoms with E-state index in [9.17, 15) is 4.39 Å². The van der Waals surface area contributed by atoms with Crippen LogP contribution in [0.2, 0.25) is 5.02 Å². The molecule has 0 saturated carbocycles. The van der Waals surface area contributed by atoms with Crippen LogP contribution in [0.3, 0.4) is 0 Å². The minimum atomic E-state index is -0.284. The van der Waals surface area contributed by atoms with Gasteiger partial charge in [0.1, 0.15) is 5.82 Å². The van der Waals surface area contributed by atoms with Gasteiger partial charge in [-0.2, -0.15) is 0 Å². The molecule has 2 rings (SSSR count). The minimum absolute atomic E-state index is 0.265. The quantitative estimate of drug-likeness (QED) is 0.888. The number of nitrogens with two attached hydrogens (primary N) is 1. The molecule has 17 heavy (non-hydrogen) atoms. The van der Waals surface area contributed by atoms with Crippen LogP contribution in [0.5, 0.6) is 0 Å². The molecule has 0 aliphatic carbocycles. The van der Waals surface area contributed by atoms with Gasteiger partial charge in [-0.15, -0.1) is 0 Å². The molecule has 0 aliphatic heterocycles. The van der Waals surface area contributed by atoms with Crippen molar-refractivity contribution in [2.75, 3.05) is 0 Å². The van der Waals surface area contributed by atoms with Gasteiger partial charge < -0.3 is 5.73 Å². The van der Waals surface area contributed by atoms with Crippen LogP contribution < -0.4 is 5.73 Å². The molecule has 2 nitrogen and oxygen atoms in total. The lowest BCUT2D eigenvalue weighted by Gasteiger charge is -2.09. The van der Waals surface area contributed by atoms with Crippen molar-refractivity contribution >= 4 is 11.6 Å². The maximum Gasteiger partial charge on any atom is 0.123 e. The third-order valence-electron chi connectivity index (χ3n) is 2.53. The first kappa shape index (κ1) is 12.0. The van der Waals surface area contributed by atoms with Crippen LogP contribution in [0.15, 0.2) is 30.3 Å². The summed E-state index contributed by atoms with van der Waals surface area (Å²) in [6.07, 6.45) is 0. The van der Waals surface area contributed by atoms with Crippen molar-refractivity contribution in [1.82, 2.24) is 4.98 Å². The highest BCUT2D eigenvalue weighted by molar-refractivity contribution is 6.31. The summed E-state index contributed by atoms with van der Waals surface area (Å²) in [7, 11) is 0. The van der Waals surface area contributed by atoms with Crippen LogP contribution in [-0.2, 0) is 6.54 Å². The SMILES string of the molecule is Cc1cc(Cl)c(CN)nc1-c1cccc(F)c1. The average molecular weight is 251 g/mol. The van der Waals surface area contributed by atoms with Gasteiger partial charge >= 0.3 is 0 Å². The highest BCUT2D eigenvalue weighted by Crippen LogP contribution is 2.26. The Hall–Kier alpha value is -1.45. The van der Waals surface area contributed by atoms with E-state index in [4.69, 9.17) is 17.3 Å². The van der Waals surface area contributed by atoms with Crippen molar-refractivity contribution in [3.05, 3.63) is 52.4 Å². The monoisotopic (exact) mass is 250 g/mol. The van der Waals surface area contributed by atoms with Gasteiger partial charge in [0.15, 0.2) is 0 Å². The topological polar surface area (TPSA) is 38.9 Å². The second kappa shape index (κ2) is 4.82. The van der Waals surface area contributed by atoms with E-state index in [1.165, 1.54) is 12.1 Å². The lowest BCUT2D eigenvalue weighted by atomic mass is 10.1. The van der Waals surface area contributed by atoms with Crippen LogP contribution in [0.4, 0.5) is 4.39 Å². The molecule has 0 saturated heterocycles. The van der Waals surface area contributed by atoms with E-state index >= 15 is 0 Å². The number of hydrogen-bond donors (Lipinski definition) is 1. The Balaban J connectivity index is 2.59. The second-order valence-electron chi connectivity index (χ2n) is 3.80. The predicted octanol–water partition coefficient (Wildman–Crippen LogP) is 3.31. The first-order valence-corrected chi connectivity index (χ1v) is 5.61.